The number of hydrogen-bond acceptors (Lipinski definition) is 3. The maximum absolute atomic E-state index is 5.31. The number of hydrogen-bond donors (Lipinski definition) is 1. The predicted molar refractivity (Wildman–Crippen MR) is 91.6 cm³/mol. The van der Waals surface area contributed by atoms with Crippen LogP contribution in [0.15, 0.2) is 36.4 Å². The number of methoxy groups -OCH3 is 1. The van der Waals surface area contributed by atoms with E-state index >= 15 is 0 Å². The lowest BCUT2D eigenvalue weighted by atomic mass is 10.0. The summed E-state index contributed by atoms with van der Waals surface area (Å²) in [5.74, 6) is 0.937. The summed E-state index contributed by atoms with van der Waals surface area (Å²) >= 11 is 1.94. The Morgan fingerprint density at radius 1 is 1.10 bits per heavy atom. The van der Waals surface area contributed by atoms with Crippen molar-refractivity contribution >= 4 is 11.3 Å². The molecule has 114 valence electrons. The van der Waals surface area contributed by atoms with Gasteiger partial charge in [-0.05, 0) is 55.6 Å². The van der Waals surface area contributed by atoms with Crippen LogP contribution in [0, 0.1) is 0 Å². The van der Waals surface area contributed by atoms with Crippen LogP contribution in [0.4, 0.5) is 0 Å². The quantitative estimate of drug-likeness (QED) is 0.793. The molecular formula is C18H25NOS. The van der Waals surface area contributed by atoms with E-state index in [2.05, 4.69) is 49.5 Å². The number of aryl methyl sites for hydroxylation is 1. The van der Waals surface area contributed by atoms with Crippen molar-refractivity contribution in [3.05, 3.63) is 51.7 Å². The summed E-state index contributed by atoms with van der Waals surface area (Å²) in [7, 11) is 1.72. The number of thiophene rings is 1. The fraction of sp³-hybridized carbons (Fsp3) is 0.444. The van der Waals surface area contributed by atoms with Crippen molar-refractivity contribution in [1.82, 2.24) is 5.32 Å². The number of likely N-dealkylation sites (N-methyl/N-ethyl adjacent to an activating group) is 1. The van der Waals surface area contributed by atoms with Crippen LogP contribution in [0.25, 0.3) is 0 Å². The first kappa shape index (κ1) is 16.1. The van der Waals surface area contributed by atoms with Crippen LogP contribution in [-0.4, -0.2) is 19.7 Å². The molecule has 2 nitrogen and oxygen atoms in total. The van der Waals surface area contributed by atoms with E-state index in [1.807, 2.05) is 17.4 Å². The van der Waals surface area contributed by atoms with Gasteiger partial charge in [0.25, 0.3) is 0 Å². The number of benzene rings is 1. The maximum Gasteiger partial charge on any atom is 0.119 e. The Labute approximate surface area is 132 Å². The zero-order valence-electron chi connectivity index (χ0n) is 13.2. The molecule has 3 heteroatoms. The molecule has 1 aromatic carbocycles. The molecule has 0 saturated heterocycles. The van der Waals surface area contributed by atoms with Crippen LogP contribution >= 0.6 is 11.3 Å². The summed E-state index contributed by atoms with van der Waals surface area (Å²) in [6.07, 6.45) is 3.26. The summed E-state index contributed by atoms with van der Waals surface area (Å²) in [6, 6.07) is 13.4. The van der Waals surface area contributed by atoms with E-state index in [1.54, 1.807) is 7.11 Å². The lowest BCUT2D eigenvalue weighted by Crippen LogP contribution is -2.32. The van der Waals surface area contributed by atoms with E-state index < -0.39 is 0 Å². The van der Waals surface area contributed by atoms with Gasteiger partial charge in [0.2, 0.25) is 0 Å². The van der Waals surface area contributed by atoms with Crippen molar-refractivity contribution in [3.63, 3.8) is 0 Å². The van der Waals surface area contributed by atoms with Gasteiger partial charge in [-0.1, -0.05) is 26.0 Å². The third kappa shape index (κ3) is 4.87. The number of ether oxygens (including phenoxy) is 1. The molecule has 2 rings (SSSR count). The Bertz CT molecular complexity index is 550. The van der Waals surface area contributed by atoms with Gasteiger partial charge in [0.05, 0.1) is 7.11 Å². The van der Waals surface area contributed by atoms with Gasteiger partial charge in [-0.3, -0.25) is 0 Å². The largest absolute Gasteiger partial charge is 0.497 e. The van der Waals surface area contributed by atoms with E-state index in [-0.39, 0.29) is 0 Å². The molecule has 0 amide bonds. The molecule has 0 aliphatic rings. The predicted octanol–water partition coefficient (Wildman–Crippen LogP) is 4.08. The van der Waals surface area contributed by atoms with Crippen molar-refractivity contribution in [3.8, 4) is 5.75 Å². The Morgan fingerprint density at radius 3 is 2.57 bits per heavy atom. The summed E-state index contributed by atoms with van der Waals surface area (Å²) in [5, 5.41) is 3.61. The topological polar surface area (TPSA) is 21.3 Å². The van der Waals surface area contributed by atoms with Gasteiger partial charge in [0.15, 0.2) is 0 Å². The van der Waals surface area contributed by atoms with Crippen LogP contribution in [0.1, 0.15) is 29.2 Å². The molecule has 1 aromatic heterocycles. The van der Waals surface area contributed by atoms with Gasteiger partial charge in [0.1, 0.15) is 5.75 Å². The zero-order chi connectivity index (χ0) is 15.1. The highest BCUT2D eigenvalue weighted by Crippen LogP contribution is 2.20. The number of nitrogens with one attached hydrogen (secondary N) is 1. The second-order valence-corrected chi connectivity index (χ2v) is 6.49. The smallest absolute Gasteiger partial charge is 0.119 e. The van der Waals surface area contributed by atoms with Crippen LogP contribution in [0.2, 0.25) is 0 Å². The Hall–Kier alpha value is -1.32. The third-order valence-corrected chi connectivity index (χ3v) is 4.87. The Kier molecular flexibility index (Phi) is 6.27. The van der Waals surface area contributed by atoms with Gasteiger partial charge < -0.3 is 10.1 Å². The lowest BCUT2D eigenvalue weighted by molar-refractivity contribution is 0.413. The van der Waals surface area contributed by atoms with Crippen molar-refractivity contribution in [2.75, 3.05) is 13.7 Å². The average molecular weight is 303 g/mol. The van der Waals surface area contributed by atoms with E-state index in [1.165, 1.54) is 15.3 Å². The van der Waals surface area contributed by atoms with Gasteiger partial charge in [-0.25, -0.2) is 0 Å². The molecule has 0 spiro atoms. The van der Waals surface area contributed by atoms with Crippen molar-refractivity contribution in [2.24, 2.45) is 0 Å². The fourth-order valence-corrected chi connectivity index (χ4v) is 3.59. The maximum atomic E-state index is 5.31. The second-order valence-electron chi connectivity index (χ2n) is 5.24. The molecule has 0 aliphatic heterocycles. The molecular weight excluding hydrogens is 278 g/mol. The summed E-state index contributed by atoms with van der Waals surface area (Å²) in [6.45, 7) is 5.39. The average Bonchev–Trinajstić information content (AvgIpc) is 2.95. The van der Waals surface area contributed by atoms with Gasteiger partial charge in [0, 0.05) is 15.8 Å². The first-order valence-corrected chi connectivity index (χ1v) is 8.50. The first-order chi connectivity index (χ1) is 10.2. The zero-order valence-corrected chi connectivity index (χ0v) is 14.0. The van der Waals surface area contributed by atoms with Crippen LogP contribution in [0.5, 0.6) is 5.75 Å². The normalized spacial score (nSPS) is 12.3. The fourth-order valence-electron chi connectivity index (χ4n) is 2.55. The highest BCUT2D eigenvalue weighted by atomic mass is 32.1. The highest BCUT2D eigenvalue weighted by Gasteiger charge is 2.11. The van der Waals surface area contributed by atoms with E-state index in [0.717, 1.165) is 31.6 Å². The van der Waals surface area contributed by atoms with E-state index in [0.29, 0.717) is 6.04 Å². The molecule has 1 unspecified atom stereocenters. The molecule has 0 fully saturated rings. The summed E-state index contributed by atoms with van der Waals surface area (Å²) in [4.78, 5) is 2.95. The molecule has 0 aliphatic carbocycles. The summed E-state index contributed by atoms with van der Waals surface area (Å²) in [5.41, 5.74) is 1.33. The lowest BCUT2D eigenvalue weighted by Gasteiger charge is -2.17. The van der Waals surface area contributed by atoms with Crippen LogP contribution in [-0.2, 0) is 19.3 Å². The number of rotatable bonds is 8. The van der Waals surface area contributed by atoms with Crippen molar-refractivity contribution in [2.45, 2.75) is 39.2 Å². The molecule has 1 N–H and O–H groups in total. The molecule has 2 aromatic rings. The molecule has 21 heavy (non-hydrogen) atoms. The summed E-state index contributed by atoms with van der Waals surface area (Å²) < 4.78 is 5.31. The standard InChI is InChI=1S/C18H25NOS/c1-4-17-9-10-18(21-17)13-15(19-5-2)11-14-7-6-8-16(12-14)20-3/h6-10,12,15,19H,4-5,11,13H2,1-3H3. The Balaban J connectivity index is 2.03. The van der Waals surface area contributed by atoms with E-state index in [9.17, 15) is 0 Å². The van der Waals surface area contributed by atoms with Crippen LogP contribution in [0.3, 0.4) is 0 Å². The minimum absolute atomic E-state index is 0.477. The van der Waals surface area contributed by atoms with Gasteiger partial charge >= 0.3 is 0 Å². The third-order valence-electron chi connectivity index (χ3n) is 3.62. The molecule has 1 atom stereocenters. The SMILES string of the molecule is CCNC(Cc1cccc(OC)c1)Cc1ccc(CC)s1. The van der Waals surface area contributed by atoms with Crippen LogP contribution < -0.4 is 10.1 Å². The molecule has 0 saturated carbocycles. The van der Waals surface area contributed by atoms with Crippen molar-refractivity contribution in [1.29, 1.82) is 0 Å². The molecule has 1 heterocycles. The minimum atomic E-state index is 0.477. The first-order valence-electron chi connectivity index (χ1n) is 7.69. The highest BCUT2D eigenvalue weighted by molar-refractivity contribution is 7.11. The Morgan fingerprint density at radius 2 is 1.90 bits per heavy atom. The molecule has 0 bridgehead atoms. The van der Waals surface area contributed by atoms with Gasteiger partial charge in [-0.2, -0.15) is 0 Å². The minimum Gasteiger partial charge on any atom is -0.497 e. The second kappa shape index (κ2) is 8.20. The van der Waals surface area contributed by atoms with Crippen molar-refractivity contribution < 1.29 is 4.74 Å². The van der Waals surface area contributed by atoms with Gasteiger partial charge in [-0.15, -0.1) is 11.3 Å². The van der Waals surface area contributed by atoms with E-state index in [4.69, 9.17) is 4.74 Å². The monoisotopic (exact) mass is 303 g/mol. The molecule has 0 radical (unpaired) electrons.